The van der Waals surface area contributed by atoms with E-state index in [9.17, 15) is 0 Å². The molecule has 0 saturated carbocycles. The summed E-state index contributed by atoms with van der Waals surface area (Å²) in [6.45, 7) is 2.22. The molecule has 0 saturated heterocycles. The summed E-state index contributed by atoms with van der Waals surface area (Å²) in [5, 5.41) is 0. The summed E-state index contributed by atoms with van der Waals surface area (Å²) in [7, 11) is 0. The van der Waals surface area contributed by atoms with Crippen molar-refractivity contribution in [1.29, 1.82) is 0 Å². The quantitative estimate of drug-likeness (QED) is 0.570. The van der Waals surface area contributed by atoms with Gasteiger partial charge in [-0.2, -0.15) is 0 Å². The van der Waals surface area contributed by atoms with Crippen LogP contribution in [0.25, 0.3) is 11.1 Å². The van der Waals surface area contributed by atoms with E-state index < -0.39 is 0 Å². The molecule has 0 fully saturated rings. The molecule has 1 heteroatoms. The molecule has 0 nitrogen and oxygen atoms in total. The lowest BCUT2D eigenvalue weighted by Gasteiger charge is -1.97. The van der Waals surface area contributed by atoms with E-state index in [-0.39, 0.29) is 21.2 Å². The first kappa shape index (κ1) is 9.40. The fourth-order valence-electron chi connectivity index (χ4n) is 1.95. The Hall–Kier alpha value is -0.830. The van der Waals surface area contributed by atoms with Gasteiger partial charge in [-0.1, -0.05) is 25.1 Å². The van der Waals surface area contributed by atoms with Crippen molar-refractivity contribution in [1.82, 2.24) is 0 Å². The van der Waals surface area contributed by atoms with Gasteiger partial charge in [0, 0.05) is 11.1 Å². The zero-order chi connectivity index (χ0) is 10.3. The van der Waals surface area contributed by atoms with Gasteiger partial charge in [0.1, 0.15) is 0 Å². The van der Waals surface area contributed by atoms with Crippen LogP contribution in [0.2, 0.25) is 0 Å². The number of benzene rings is 2. The van der Waals surface area contributed by atoms with Gasteiger partial charge in [-0.25, -0.2) is 0 Å². The normalized spacial score (nSPS) is 12.3. The highest BCUT2D eigenvalue weighted by atomic mass is 127. The SMILES string of the molecule is CCc1ccc2c(c1)[I+]c1ccccc1-2. The average Bonchev–Trinajstić information content (AvgIpc) is 2.66. The van der Waals surface area contributed by atoms with E-state index in [4.69, 9.17) is 0 Å². The van der Waals surface area contributed by atoms with E-state index in [0.717, 1.165) is 6.42 Å². The minimum Gasteiger partial charge on any atom is -0.0613 e. The van der Waals surface area contributed by atoms with Gasteiger partial charge in [0.15, 0.2) is 0 Å². The van der Waals surface area contributed by atoms with Crippen molar-refractivity contribution in [2.75, 3.05) is 0 Å². The fraction of sp³-hybridized carbons (Fsp3) is 0.143. The Balaban J connectivity index is 2.18. The van der Waals surface area contributed by atoms with Gasteiger partial charge in [-0.15, -0.1) is 0 Å². The minimum atomic E-state index is 0.0799. The first-order valence-electron chi connectivity index (χ1n) is 5.25. The number of rotatable bonds is 1. The number of hydrogen-bond acceptors (Lipinski definition) is 0. The Labute approximate surface area is 101 Å². The highest BCUT2D eigenvalue weighted by Crippen LogP contribution is 2.22. The van der Waals surface area contributed by atoms with E-state index in [1.807, 2.05) is 0 Å². The molecule has 0 aliphatic carbocycles. The number of aryl methyl sites for hydroxylation is 1. The molecule has 0 N–H and O–H groups in total. The first-order valence-corrected chi connectivity index (χ1v) is 7.41. The molecule has 0 atom stereocenters. The predicted molar refractivity (Wildman–Crippen MR) is 58.7 cm³/mol. The molecule has 15 heavy (non-hydrogen) atoms. The molecule has 1 heterocycles. The van der Waals surface area contributed by atoms with Gasteiger partial charge in [0.2, 0.25) is 7.14 Å². The van der Waals surface area contributed by atoms with Gasteiger partial charge in [0.25, 0.3) is 0 Å². The van der Waals surface area contributed by atoms with E-state index in [1.54, 1.807) is 7.14 Å². The highest BCUT2D eigenvalue weighted by Gasteiger charge is 2.32. The summed E-state index contributed by atoms with van der Waals surface area (Å²) in [5.74, 6) is 0. The second-order valence-corrected chi connectivity index (χ2v) is 6.61. The van der Waals surface area contributed by atoms with Crippen molar-refractivity contribution in [3.63, 3.8) is 0 Å². The summed E-state index contributed by atoms with van der Waals surface area (Å²) < 4.78 is 3.19. The first-order chi connectivity index (χ1) is 7.38. The van der Waals surface area contributed by atoms with Crippen molar-refractivity contribution in [3.8, 4) is 11.1 Å². The Bertz CT molecular complexity index is 514. The lowest BCUT2D eigenvalue weighted by atomic mass is 10.0. The third kappa shape index (κ3) is 1.49. The van der Waals surface area contributed by atoms with E-state index in [2.05, 4.69) is 49.4 Å². The Kier molecular flexibility index (Phi) is 2.28. The summed E-state index contributed by atoms with van der Waals surface area (Å²) >= 11 is 0.0799. The van der Waals surface area contributed by atoms with Crippen molar-refractivity contribution in [3.05, 3.63) is 55.2 Å². The lowest BCUT2D eigenvalue weighted by molar-refractivity contribution is -0.589. The maximum absolute atomic E-state index is 2.41. The Morgan fingerprint density at radius 2 is 1.73 bits per heavy atom. The lowest BCUT2D eigenvalue weighted by Crippen LogP contribution is -3.61. The van der Waals surface area contributed by atoms with Crippen LogP contribution in [0, 0.1) is 7.14 Å². The molecule has 0 radical (unpaired) electrons. The average molecular weight is 307 g/mol. The molecule has 0 aromatic heterocycles. The van der Waals surface area contributed by atoms with Gasteiger partial charge in [-0.05, 0) is 36.2 Å². The highest BCUT2D eigenvalue weighted by molar-refractivity contribution is 5.64. The summed E-state index contributed by atoms with van der Waals surface area (Å²) in [6.07, 6.45) is 1.15. The number of fused-ring (bicyclic) bond motifs is 3. The second-order valence-electron chi connectivity index (χ2n) is 3.74. The molecule has 0 amide bonds. The molecule has 2 aromatic rings. The van der Waals surface area contributed by atoms with Crippen LogP contribution in [-0.2, 0) is 6.42 Å². The van der Waals surface area contributed by atoms with E-state index in [1.165, 1.54) is 16.7 Å². The standard InChI is InChI=1S/C14H12I/c1-2-10-7-8-12-11-5-3-4-6-13(11)15-14(12)9-10/h3-9H,2H2,1H3/q+1. The van der Waals surface area contributed by atoms with Crippen LogP contribution in [0.3, 0.4) is 0 Å². The molecule has 2 aromatic carbocycles. The molecule has 0 unspecified atom stereocenters. The molecule has 74 valence electrons. The predicted octanol–water partition coefficient (Wildman–Crippen LogP) is 0.358. The van der Waals surface area contributed by atoms with Gasteiger partial charge < -0.3 is 0 Å². The number of hydrogen-bond donors (Lipinski definition) is 0. The minimum absolute atomic E-state index is 0.0799. The molecule has 1 aliphatic rings. The molecular weight excluding hydrogens is 295 g/mol. The van der Waals surface area contributed by atoms with Crippen LogP contribution in [0.4, 0.5) is 0 Å². The zero-order valence-electron chi connectivity index (χ0n) is 8.63. The molecule has 1 aliphatic heterocycles. The molecule has 3 rings (SSSR count). The van der Waals surface area contributed by atoms with Crippen molar-refractivity contribution < 1.29 is 21.2 Å². The van der Waals surface area contributed by atoms with Crippen LogP contribution in [-0.4, -0.2) is 0 Å². The Morgan fingerprint density at radius 3 is 2.60 bits per heavy atom. The monoisotopic (exact) mass is 307 g/mol. The van der Waals surface area contributed by atoms with Crippen molar-refractivity contribution in [2.24, 2.45) is 0 Å². The van der Waals surface area contributed by atoms with Crippen LogP contribution in [0.5, 0.6) is 0 Å². The second kappa shape index (κ2) is 3.63. The summed E-state index contributed by atoms with van der Waals surface area (Å²) in [6, 6.07) is 15.8. The van der Waals surface area contributed by atoms with E-state index >= 15 is 0 Å². The summed E-state index contributed by atoms with van der Waals surface area (Å²) in [4.78, 5) is 0. The maximum atomic E-state index is 2.41. The van der Waals surface area contributed by atoms with Crippen molar-refractivity contribution >= 4 is 0 Å². The van der Waals surface area contributed by atoms with Gasteiger partial charge >= 0.3 is 21.2 Å². The van der Waals surface area contributed by atoms with Gasteiger partial charge in [0.05, 0.1) is 0 Å². The molecule has 0 spiro atoms. The number of halogens is 1. The third-order valence-electron chi connectivity index (χ3n) is 2.81. The Morgan fingerprint density at radius 1 is 0.933 bits per heavy atom. The van der Waals surface area contributed by atoms with Crippen LogP contribution in [0.1, 0.15) is 12.5 Å². The zero-order valence-corrected chi connectivity index (χ0v) is 10.8. The molecule has 0 bridgehead atoms. The molecular formula is C14H12I+. The summed E-state index contributed by atoms with van der Waals surface area (Å²) in [5.41, 5.74) is 4.43. The van der Waals surface area contributed by atoms with Crippen LogP contribution in [0.15, 0.2) is 42.5 Å². The van der Waals surface area contributed by atoms with E-state index in [0.29, 0.717) is 0 Å². The van der Waals surface area contributed by atoms with Crippen LogP contribution >= 0.6 is 0 Å². The van der Waals surface area contributed by atoms with Crippen molar-refractivity contribution in [2.45, 2.75) is 13.3 Å². The smallest absolute Gasteiger partial charge is 0.0613 e. The fourth-order valence-corrected chi connectivity index (χ4v) is 5.04. The van der Waals surface area contributed by atoms with Gasteiger partial charge in [-0.3, -0.25) is 0 Å². The van der Waals surface area contributed by atoms with Crippen LogP contribution < -0.4 is 21.2 Å². The topological polar surface area (TPSA) is 0 Å². The third-order valence-corrected chi connectivity index (χ3v) is 5.80. The maximum Gasteiger partial charge on any atom is 0.359 e. The largest absolute Gasteiger partial charge is 0.359 e.